The first-order valence-corrected chi connectivity index (χ1v) is 9.01. The number of piperidine rings is 1. The molecule has 0 aromatic rings. The molecule has 0 radical (unpaired) electrons. The third-order valence-electron chi connectivity index (χ3n) is 3.50. The van der Waals surface area contributed by atoms with Crippen LogP contribution in [0, 0.1) is 5.92 Å². The Bertz CT molecular complexity index is 341. The molecule has 7 heteroatoms. The molecule has 0 bridgehead atoms. The zero-order valence-corrected chi connectivity index (χ0v) is 13.5. The van der Waals surface area contributed by atoms with Gasteiger partial charge in [0.15, 0.2) is 0 Å². The Morgan fingerprint density at radius 1 is 1.25 bits per heavy atom. The van der Waals surface area contributed by atoms with Crippen molar-refractivity contribution in [2.45, 2.75) is 32.6 Å². The zero-order valence-electron chi connectivity index (χ0n) is 12.7. The number of hydrogen-bond acceptors (Lipinski definition) is 4. The van der Waals surface area contributed by atoms with Crippen molar-refractivity contribution in [3.63, 3.8) is 0 Å². The molecule has 0 amide bonds. The summed E-state index contributed by atoms with van der Waals surface area (Å²) < 4.78 is 33.7. The van der Waals surface area contributed by atoms with E-state index in [-0.39, 0.29) is 0 Å². The maximum absolute atomic E-state index is 12.1. The molecule has 0 atom stereocenters. The summed E-state index contributed by atoms with van der Waals surface area (Å²) in [5, 5.41) is 3.15. The summed E-state index contributed by atoms with van der Waals surface area (Å²) >= 11 is 0. The molecular formula is C13H29N3O3S. The van der Waals surface area contributed by atoms with E-state index in [9.17, 15) is 8.42 Å². The van der Waals surface area contributed by atoms with Crippen LogP contribution in [0.1, 0.15) is 32.6 Å². The first-order valence-electron chi connectivity index (χ1n) is 7.57. The number of nitrogens with one attached hydrogen (secondary N) is 2. The normalized spacial score (nSPS) is 18.5. The summed E-state index contributed by atoms with van der Waals surface area (Å²) in [6.07, 6.45) is 3.57. The second-order valence-electron chi connectivity index (χ2n) is 5.27. The molecule has 0 aromatic heterocycles. The van der Waals surface area contributed by atoms with Gasteiger partial charge < -0.3 is 10.1 Å². The van der Waals surface area contributed by atoms with Gasteiger partial charge in [-0.2, -0.15) is 12.7 Å². The first-order chi connectivity index (χ1) is 9.60. The minimum atomic E-state index is -3.31. The largest absolute Gasteiger partial charge is 0.381 e. The highest BCUT2D eigenvalue weighted by molar-refractivity contribution is 7.87. The molecule has 2 N–H and O–H groups in total. The average molecular weight is 307 g/mol. The molecule has 0 saturated carbocycles. The fourth-order valence-electron chi connectivity index (χ4n) is 2.36. The van der Waals surface area contributed by atoms with Crippen molar-refractivity contribution in [3.8, 4) is 0 Å². The third kappa shape index (κ3) is 6.49. The molecule has 1 saturated heterocycles. The number of rotatable bonds is 10. The van der Waals surface area contributed by atoms with E-state index in [0.717, 1.165) is 38.8 Å². The van der Waals surface area contributed by atoms with Gasteiger partial charge in [-0.3, -0.25) is 0 Å². The fraction of sp³-hybridized carbons (Fsp3) is 1.00. The zero-order chi connectivity index (χ0) is 14.8. The highest BCUT2D eigenvalue weighted by atomic mass is 32.2. The second kappa shape index (κ2) is 9.68. The Morgan fingerprint density at radius 3 is 2.55 bits per heavy atom. The Morgan fingerprint density at radius 2 is 1.95 bits per heavy atom. The van der Waals surface area contributed by atoms with E-state index in [1.165, 1.54) is 0 Å². The van der Waals surface area contributed by atoms with Crippen molar-refractivity contribution in [1.29, 1.82) is 0 Å². The molecule has 20 heavy (non-hydrogen) atoms. The van der Waals surface area contributed by atoms with Gasteiger partial charge in [0, 0.05) is 32.8 Å². The lowest BCUT2D eigenvalue weighted by molar-refractivity contribution is 0.133. The summed E-state index contributed by atoms with van der Waals surface area (Å²) in [6, 6.07) is 0. The standard InChI is InChI=1S/C13H29N3O3S/c1-3-10-19-11-4-7-15-20(17,18)16-8-5-13(6-9-16)12-14-2/h13-15H,3-12H2,1-2H3. The lowest BCUT2D eigenvalue weighted by atomic mass is 9.98. The van der Waals surface area contributed by atoms with Crippen LogP contribution in [-0.4, -0.2) is 59.2 Å². The monoisotopic (exact) mass is 307 g/mol. The number of nitrogens with zero attached hydrogens (tertiary/aromatic N) is 1. The minimum absolute atomic E-state index is 0.447. The van der Waals surface area contributed by atoms with Crippen molar-refractivity contribution in [1.82, 2.24) is 14.3 Å². The van der Waals surface area contributed by atoms with Crippen molar-refractivity contribution in [3.05, 3.63) is 0 Å². The van der Waals surface area contributed by atoms with E-state index >= 15 is 0 Å². The highest BCUT2D eigenvalue weighted by Gasteiger charge is 2.27. The SMILES string of the molecule is CCCOCCCNS(=O)(=O)N1CCC(CNC)CC1. The summed E-state index contributed by atoms with van der Waals surface area (Å²) in [6.45, 7) is 6.06. The summed E-state index contributed by atoms with van der Waals surface area (Å²) in [5.41, 5.74) is 0. The maximum atomic E-state index is 12.1. The molecule has 0 spiro atoms. The van der Waals surface area contributed by atoms with Crippen LogP contribution < -0.4 is 10.0 Å². The van der Waals surface area contributed by atoms with Crippen molar-refractivity contribution >= 4 is 10.2 Å². The van der Waals surface area contributed by atoms with Crippen LogP contribution in [0.5, 0.6) is 0 Å². The predicted octanol–water partition coefficient (Wildman–Crippen LogP) is 0.569. The van der Waals surface area contributed by atoms with E-state index in [2.05, 4.69) is 17.0 Å². The van der Waals surface area contributed by atoms with Gasteiger partial charge in [0.25, 0.3) is 10.2 Å². The van der Waals surface area contributed by atoms with E-state index in [1.54, 1.807) is 4.31 Å². The van der Waals surface area contributed by atoms with Gasteiger partial charge in [0.2, 0.25) is 0 Å². The maximum Gasteiger partial charge on any atom is 0.279 e. The van der Waals surface area contributed by atoms with Gasteiger partial charge in [-0.1, -0.05) is 6.92 Å². The van der Waals surface area contributed by atoms with E-state index < -0.39 is 10.2 Å². The van der Waals surface area contributed by atoms with Crippen LogP contribution in [0.2, 0.25) is 0 Å². The Hall–Kier alpha value is -0.210. The van der Waals surface area contributed by atoms with Gasteiger partial charge in [-0.25, -0.2) is 4.72 Å². The van der Waals surface area contributed by atoms with Gasteiger partial charge in [0.1, 0.15) is 0 Å². The van der Waals surface area contributed by atoms with Crippen LogP contribution in [0.4, 0.5) is 0 Å². The average Bonchev–Trinajstić information content (AvgIpc) is 2.44. The third-order valence-corrected chi connectivity index (χ3v) is 5.12. The topological polar surface area (TPSA) is 70.7 Å². The fourth-order valence-corrected chi connectivity index (χ4v) is 3.63. The molecule has 1 rings (SSSR count). The summed E-state index contributed by atoms with van der Waals surface area (Å²) in [7, 11) is -1.37. The smallest absolute Gasteiger partial charge is 0.279 e. The van der Waals surface area contributed by atoms with E-state index in [4.69, 9.17) is 4.74 Å². The van der Waals surface area contributed by atoms with Crippen LogP contribution in [0.25, 0.3) is 0 Å². The van der Waals surface area contributed by atoms with Gasteiger partial charge in [-0.05, 0) is 45.2 Å². The lowest BCUT2D eigenvalue weighted by Crippen LogP contribution is -2.46. The number of ether oxygens (including phenoxy) is 1. The minimum Gasteiger partial charge on any atom is -0.381 e. The summed E-state index contributed by atoms with van der Waals surface area (Å²) in [5.74, 6) is 0.592. The van der Waals surface area contributed by atoms with Crippen molar-refractivity contribution < 1.29 is 13.2 Å². The van der Waals surface area contributed by atoms with E-state index in [0.29, 0.717) is 32.2 Å². The quantitative estimate of drug-likeness (QED) is 0.579. The highest BCUT2D eigenvalue weighted by Crippen LogP contribution is 2.18. The Kier molecular flexibility index (Phi) is 8.63. The molecule has 0 aliphatic carbocycles. The molecule has 1 aliphatic heterocycles. The molecule has 1 fully saturated rings. The molecule has 0 unspecified atom stereocenters. The predicted molar refractivity (Wildman–Crippen MR) is 80.9 cm³/mol. The van der Waals surface area contributed by atoms with Gasteiger partial charge in [-0.15, -0.1) is 0 Å². The van der Waals surface area contributed by atoms with E-state index in [1.807, 2.05) is 7.05 Å². The number of hydrogen-bond donors (Lipinski definition) is 2. The lowest BCUT2D eigenvalue weighted by Gasteiger charge is -2.31. The van der Waals surface area contributed by atoms with Gasteiger partial charge >= 0.3 is 0 Å². The van der Waals surface area contributed by atoms with Crippen LogP contribution in [0.15, 0.2) is 0 Å². The van der Waals surface area contributed by atoms with Crippen LogP contribution in [0.3, 0.4) is 0 Å². The Balaban J connectivity index is 2.21. The molecule has 6 nitrogen and oxygen atoms in total. The molecule has 120 valence electrons. The van der Waals surface area contributed by atoms with Crippen LogP contribution >= 0.6 is 0 Å². The second-order valence-corrected chi connectivity index (χ2v) is 7.02. The molecule has 1 aliphatic rings. The molecule has 1 heterocycles. The first kappa shape index (κ1) is 17.8. The van der Waals surface area contributed by atoms with Crippen molar-refractivity contribution in [2.24, 2.45) is 5.92 Å². The van der Waals surface area contributed by atoms with Crippen molar-refractivity contribution in [2.75, 3.05) is 46.4 Å². The molecular weight excluding hydrogens is 278 g/mol. The van der Waals surface area contributed by atoms with Crippen LogP contribution in [-0.2, 0) is 14.9 Å². The molecule has 0 aromatic carbocycles. The Labute approximate surface area is 123 Å². The van der Waals surface area contributed by atoms with Gasteiger partial charge in [0.05, 0.1) is 0 Å². The summed E-state index contributed by atoms with van der Waals surface area (Å²) in [4.78, 5) is 0.